The number of benzene rings is 2. The summed E-state index contributed by atoms with van der Waals surface area (Å²) in [6.07, 6.45) is 4.41. The minimum atomic E-state index is -0.524. The molecule has 2 saturated heterocycles. The van der Waals surface area contributed by atoms with Crippen molar-refractivity contribution in [2.24, 2.45) is 0 Å². The number of likely N-dealkylation sites (tertiary alicyclic amines) is 1. The van der Waals surface area contributed by atoms with Gasteiger partial charge in [-0.05, 0) is 48.2 Å². The number of rotatable bonds is 4. The first-order valence-corrected chi connectivity index (χ1v) is 11.4. The number of aromatic nitrogens is 1. The molecule has 5 rings (SSSR count). The molecule has 1 spiro atoms. The molecule has 0 saturated carbocycles. The van der Waals surface area contributed by atoms with Gasteiger partial charge in [-0.2, -0.15) is 0 Å². The van der Waals surface area contributed by atoms with Crippen LogP contribution in [-0.2, 0) is 11.2 Å². The molecule has 0 radical (unpaired) electrons. The Labute approximate surface area is 192 Å². The molecule has 2 atom stereocenters. The first kappa shape index (κ1) is 21.3. The smallest absolute Gasteiger partial charge is 0.255 e. The SMILES string of the molecule is O=C1CCC[C@]2(CN(C(=O)c3ccc(Cc4ccccc4)nc3)C[C@H]2c2ccc(F)cc2)N1. The van der Waals surface area contributed by atoms with Crippen LogP contribution in [0.4, 0.5) is 4.39 Å². The van der Waals surface area contributed by atoms with Gasteiger partial charge in [-0.3, -0.25) is 14.6 Å². The third-order valence-corrected chi connectivity index (χ3v) is 6.82. The molecule has 0 unspecified atom stereocenters. The number of carbonyl (C=O) groups excluding carboxylic acids is 2. The zero-order chi connectivity index (χ0) is 22.8. The maximum atomic E-state index is 13.5. The van der Waals surface area contributed by atoms with E-state index in [9.17, 15) is 14.0 Å². The second-order valence-electron chi connectivity index (χ2n) is 9.05. The summed E-state index contributed by atoms with van der Waals surface area (Å²) in [6, 6.07) is 20.2. The zero-order valence-corrected chi connectivity index (χ0v) is 18.3. The van der Waals surface area contributed by atoms with Crippen molar-refractivity contribution in [3.05, 3.63) is 101 Å². The molecule has 0 aliphatic carbocycles. The summed E-state index contributed by atoms with van der Waals surface area (Å²) in [5, 5.41) is 3.19. The highest BCUT2D eigenvalue weighted by Crippen LogP contribution is 2.41. The van der Waals surface area contributed by atoms with Crippen LogP contribution in [0.1, 0.15) is 52.4 Å². The van der Waals surface area contributed by atoms with Crippen LogP contribution >= 0.6 is 0 Å². The molecule has 3 heterocycles. The lowest BCUT2D eigenvalue weighted by Crippen LogP contribution is -2.56. The van der Waals surface area contributed by atoms with Gasteiger partial charge >= 0.3 is 0 Å². The van der Waals surface area contributed by atoms with Gasteiger partial charge in [0.25, 0.3) is 5.91 Å². The van der Waals surface area contributed by atoms with Gasteiger partial charge in [-0.25, -0.2) is 4.39 Å². The molecular weight excluding hydrogens is 417 g/mol. The number of pyridine rings is 1. The molecule has 1 aromatic heterocycles. The quantitative estimate of drug-likeness (QED) is 0.661. The molecule has 168 valence electrons. The van der Waals surface area contributed by atoms with E-state index in [1.807, 2.05) is 30.3 Å². The number of nitrogens with one attached hydrogen (secondary N) is 1. The second kappa shape index (κ2) is 8.77. The maximum absolute atomic E-state index is 13.5. The van der Waals surface area contributed by atoms with E-state index in [4.69, 9.17) is 0 Å². The molecule has 3 aromatic rings. The lowest BCUT2D eigenvalue weighted by molar-refractivity contribution is -0.125. The normalized spacial score (nSPS) is 22.4. The average Bonchev–Trinajstić information content (AvgIpc) is 3.18. The van der Waals surface area contributed by atoms with Crippen molar-refractivity contribution >= 4 is 11.8 Å². The predicted octanol–water partition coefficient (Wildman–Crippen LogP) is 4.09. The van der Waals surface area contributed by atoms with E-state index in [0.717, 1.165) is 24.1 Å². The topological polar surface area (TPSA) is 62.3 Å². The lowest BCUT2D eigenvalue weighted by Gasteiger charge is -2.39. The van der Waals surface area contributed by atoms with E-state index in [1.54, 1.807) is 23.2 Å². The van der Waals surface area contributed by atoms with Crippen molar-refractivity contribution in [1.82, 2.24) is 15.2 Å². The lowest BCUT2D eigenvalue weighted by atomic mass is 9.76. The van der Waals surface area contributed by atoms with Crippen molar-refractivity contribution in [2.75, 3.05) is 13.1 Å². The van der Waals surface area contributed by atoms with Crippen molar-refractivity contribution in [3.8, 4) is 0 Å². The number of amides is 2. The predicted molar refractivity (Wildman–Crippen MR) is 123 cm³/mol. The first-order chi connectivity index (χ1) is 16.0. The van der Waals surface area contributed by atoms with E-state index in [-0.39, 0.29) is 23.5 Å². The van der Waals surface area contributed by atoms with Crippen LogP contribution in [-0.4, -0.2) is 40.3 Å². The van der Waals surface area contributed by atoms with Crippen LogP contribution in [0.25, 0.3) is 0 Å². The average molecular weight is 444 g/mol. The molecule has 2 amide bonds. The van der Waals surface area contributed by atoms with Crippen LogP contribution < -0.4 is 5.32 Å². The Morgan fingerprint density at radius 3 is 2.58 bits per heavy atom. The fourth-order valence-electron chi connectivity index (χ4n) is 5.17. The van der Waals surface area contributed by atoms with Crippen molar-refractivity contribution in [2.45, 2.75) is 37.1 Å². The van der Waals surface area contributed by atoms with Crippen molar-refractivity contribution in [3.63, 3.8) is 0 Å². The monoisotopic (exact) mass is 443 g/mol. The first-order valence-electron chi connectivity index (χ1n) is 11.4. The Hall–Kier alpha value is -3.54. The van der Waals surface area contributed by atoms with Gasteiger partial charge < -0.3 is 10.2 Å². The van der Waals surface area contributed by atoms with Crippen molar-refractivity contribution < 1.29 is 14.0 Å². The Morgan fingerprint density at radius 1 is 1.09 bits per heavy atom. The van der Waals surface area contributed by atoms with Gasteiger partial charge in [0.05, 0.1) is 11.1 Å². The van der Waals surface area contributed by atoms with Gasteiger partial charge in [0.1, 0.15) is 5.82 Å². The minimum absolute atomic E-state index is 0.00888. The number of nitrogens with zero attached hydrogens (tertiary/aromatic N) is 2. The van der Waals surface area contributed by atoms with Gasteiger partial charge in [0.2, 0.25) is 5.91 Å². The zero-order valence-electron chi connectivity index (χ0n) is 18.3. The largest absolute Gasteiger partial charge is 0.348 e. The molecule has 0 bridgehead atoms. The number of halogens is 1. The second-order valence-corrected chi connectivity index (χ2v) is 9.05. The summed E-state index contributed by atoms with van der Waals surface area (Å²) in [4.78, 5) is 32.0. The highest BCUT2D eigenvalue weighted by atomic mass is 19.1. The fraction of sp³-hybridized carbons (Fsp3) is 0.296. The Kier molecular flexibility index (Phi) is 5.67. The molecular formula is C27H26FN3O2. The summed E-state index contributed by atoms with van der Waals surface area (Å²) < 4.78 is 13.5. The fourth-order valence-corrected chi connectivity index (χ4v) is 5.17. The molecule has 33 heavy (non-hydrogen) atoms. The third kappa shape index (κ3) is 4.38. The van der Waals surface area contributed by atoms with Gasteiger partial charge in [-0.15, -0.1) is 0 Å². The molecule has 2 aromatic carbocycles. The Balaban J connectivity index is 1.37. The van der Waals surface area contributed by atoms with Crippen LogP contribution in [0.5, 0.6) is 0 Å². The highest BCUT2D eigenvalue weighted by Gasteiger charge is 2.50. The molecule has 2 aliphatic heterocycles. The Bertz CT molecular complexity index is 1150. The molecule has 5 nitrogen and oxygen atoms in total. The highest BCUT2D eigenvalue weighted by molar-refractivity contribution is 5.94. The van der Waals surface area contributed by atoms with E-state index in [2.05, 4.69) is 22.4 Å². The number of carbonyl (C=O) groups is 2. The van der Waals surface area contributed by atoms with E-state index in [0.29, 0.717) is 31.5 Å². The summed E-state index contributed by atoms with van der Waals surface area (Å²) in [6.45, 7) is 0.905. The van der Waals surface area contributed by atoms with Crippen LogP contribution in [0.2, 0.25) is 0 Å². The Morgan fingerprint density at radius 2 is 1.88 bits per heavy atom. The van der Waals surface area contributed by atoms with Crippen LogP contribution in [0.3, 0.4) is 0 Å². The number of piperidine rings is 1. The summed E-state index contributed by atoms with van der Waals surface area (Å²) in [5.41, 5.74) is 3.01. The number of hydrogen-bond acceptors (Lipinski definition) is 3. The third-order valence-electron chi connectivity index (χ3n) is 6.82. The van der Waals surface area contributed by atoms with Crippen molar-refractivity contribution in [1.29, 1.82) is 0 Å². The van der Waals surface area contributed by atoms with Crippen LogP contribution in [0.15, 0.2) is 72.9 Å². The van der Waals surface area contributed by atoms with Gasteiger partial charge in [0.15, 0.2) is 0 Å². The summed E-state index contributed by atoms with van der Waals surface area (Å²) >= 11 is 0. The number of hydrogen-bond donors (Lipinski definition) is 1. The van der Waals surface area contributed by atoms with Gasteiger partial charge in [-0.1, -0.05) is 42.5 Å². The molecule has 2 aliphatic rings. The standard InChI is InChI=1S/C27H26FN3O2/c28-22-11-8-20(9-12-22)24-17-31(18-27(24)14-4-7-25(32)30-27)26(33)21-10-13-23(29-16-21)15-19-5-2-1-3-6-19/h1-3,5-6,8-13,16,24H,4,7,14-15,17-18H2,(H,30,32)/t24-,27+/m0/s1. The van der Waals surface area contributed by atoms with Gasteiger partial charge in [0, 0.05) is 43.7 Å². The molecule has 6 heteroatoms. The summed E-state index contributed by atoms with van der Waals surface area (Å²) in [7, 11) is 0. The molecule has 2 fully saturated rings. The van der Waals surface area contributed by atoms with Crippen LogP contribution in [0, 0.1) is 5.82 Å². The maximum Gasteiger partial charge on any atom is 0.255 e. The van der Waals surface area contributed by atoms with E-state index < -0.39 is 5.54 Å². The summed E-state index contributed by atoms with van der Waals surface area (Å²) in [5.74, 6) is -0.475. The van der Waals surface area contributed by atoms with E-state index >= 15 is 0 Å². The minimum Gasteiger partial charge on any atom is -0.348 e. The van der Waals surface area contributed by atoms with E-state index in [1.165, 1.54) is 17.7 Å². The molecule has 1 N–H and O–H groups in total.